The van der Waals surface area contributed by atoms with Gasteiger partial charge in [-0.3, -0.25) is 10.1 Å². The number of aryl methyl sites for hydroxylation is 1. The lowest BCUT2D eigenvalue weighted by Gasteiger charge is -2.08. The molecule has 0 aliphatic heterocycles. The topological polar surface area (TPSA) is 66.9 Å². The van der Waals surface area contributed by atoms with Gasteiger partial charge >= 0.3 is 0 Å². The van der Waals surface area contributed by atoms with E-state index in [4.69, 9.17) is 0 Å². The SMILES string of the molecule is CCc1[c]cc(C#N)c(-c2cc([N+](=O)[O-])ccc2Br)c1. The van der Waals surface area contributed by atoms with E-state index in [0.29, 0.717) is 21.2 Å². The second kappa shape index (κ2) is 5.85. The molecule has 4 nitrogen and oxygen atoms in total. The Kier molecular flexibility index (Phi) is 4.16. The maximum absolute atomic E-state index is 10.9. The van der Waals surface area contributed by atoms with Gasteiger partial charge < -0.3 is 0 Å². The molecule has 0 aliphatic carbocycles. The molecule has 0 saturated carbocycles. The molecule has 99 valence electrons. The molecule has 2 rings (SSSR count). The molecule has 0 atom stereocenters. The summed E-state index contributed by atoms with van der Waals surface area (Å²) in [5, 5.41) is 20.1. The summed E-state index contributed by atoms with van der Waals surface area (Å²) in [6.45, 7) is 1.99. The maximum atomic E-state index is 10.9. The minimum atomic E-state index is -0.447. The second-order valence-electron chi connectivity index (χ2n) is 4.17. The molecule has 0 heterocycles. The Hall–Kier alpha value is -2.19. The fraction of sp³-hybridized carbons (Fsp3) is 0.133. The van der Waals surface area contributed by atoms with Crippen LogP contribution in [0.4, 0.5) is 5.69 Å². The van der Waals surface area contributed by atoms with Gasteiger partial charge in [0.15, 0.2) is 0 Å². The monoisotopic (exact) mass is 329 g/mol. The number of nitriles is 1. The number of nitro groups is 1. The van der Waals surface area contributed by atoms with Gasteiger partial charge in [-0.2, -0.15) is 5.26 Å². The van der Waals surface area contributed by atoms with Gasteiger partial charge in [0.1, 0.15) is 0 Å². The minimum absolute atomic E-state index is 0.00188. The predicted octanol–water partition coefficient (Wildman–Crippen LogP) is 4.26. The highest BCUT2D eigenvalue weighted by atomic mass is 79.9. The third-order valence-corrected chi connectivity index (χ3v) is 3.65. The Balaban J connectivity index is 2.70. The number of rotatable bonds is 3. The smallest absolute Gasteiger partial charge is 0.258 e. The molecule has 0 saturated heterocycles. The van der Waals surface area contributed by atoms with Crippen LogP contribution in [0, 0.1) is 27.5 Å². The summed E-state index contributed by atoms with van der Waals surface area (Å²) in [5.41, 5.74) is 2.72. The normalized spacial score (nSPS) is 10.1. The third-order valence-electron chi connectivity index (χ3n) is 2.96. The van der Waals surface area contributed by atoms with Crippen molar-refractivity contribution in [3.63, 3.8) is 0 Å². The summed E-state index contributed by atoms with van der Waals surface area (Å²) < 4.78 is 0.716. The van der Waals surface area contributed by atoms with E-state index in [1.54, 1.807) is 12.1 Å². The van der Waals surface area contributed by atoms with Crippen LogP contribution in [-0.2, 0) is 6.42 Å². The van der Waals surface area contributed by atoms with E-state index in [1.165, 1.54) is 12.1 Å². The fourth-order valence-electron chi connectivity index (χ4n) is 1.89. The van der Waals surface area contributed by atoms with Gasteiger partial charge in [0.25, 0.3) is 5.69 Å². The molecule has 1 radical (unpaired) electrons. The zero-order chi connectivity index (χ0) is 14.7. The summed E-state index contributed by atoms with van der Waals surface area (Å²) in [5.74, 6) is 0. The number of non-ortho nitro benzene ring substituents is 1. The summed E-state index contributed by atoms with van der Waals surface area (Å²) in [7, 11) is 0. The van der Waals surface area contributed by atoms with E-state index in [0.717, 1.165) is 12.0 Å². The van der Waals surface area contributed by atoms with Crippen molar-refractivity contribution in [1.82, 2.24) is 0 Å². The molecule has 0 bridgehead atoms. The summed E-state index contributed by atoms with van der Waals surface area (Å²) in [4.78, 5) is 10.4. The highest BCUT2D eigenvalue weighted by molar-refractivity contribution is 9.10. The molecule has 0 aromatic heterocycles. The highest BCUT2D eigenvalue weighted by Gasteiger charge is 2.14. The third kappa shape index (κ3) is 2.70. The maximum Gasteiger partial charge on any atom is 0.270 e. The van der Waals surface area contributed by atoms with Crippen LogP contribution in [0.5, 0.6) is 0 Å². The molecule has 0 spiro atoms. The van der Waals surface area contributed by atoms with Gasteiger partial charge in [0.05, 0.1) is 16.6 Å². The molecule has 0 fully saturated rings. The van der Waals surface area contributed by atoms with Crippen molar-refractivity contribution >= 4 is 21.6 Å². The molecule has 2 aromatic carbocycles. The molecule has 0 amide bonds. The number of halogens is 1. The Morgan fingerprint density at radius 1 is 1.40 bits per heavy atom. The standard InChI is InChI=1S/C15H10BrN2O2/c1-2-10-3-4-11(9-17)13(7-10)14-8-12(18(19)20)5-6-15(14)16/h4-8H,2H2,1H3. The van der Waals surface area contributed by atoms with Gasteiger partial charge in [0.2, 0.25) is 0 Å². The molecule has 0 N–H and O–H groups in total. The van der Waals surface area contributed by atoms with Gasteiger partial charge in [-0.1, -0.05) is 22.9 Å². The van der Waals surface area contributed by atoms with Crippen molar-refractivity contribution in [3.8, 4) is 17.2 Å². The molecule has 20 heavy (non-hydrogen) atoms. The fourth-order valence-corrected chi connectivity index (χ4v) is 2.35. The first kappa shape index (κ1) is 14.2. The van der Waals surface area contributed by atoms with Crippen molar-refractivity contribution in [1.29, 1.82) is 5.26 Å². The lowest BCUT2D eigenvalue weighted by Crippen LogP contribution is -1.92. The van der Waals surface area contributed by atoms with Crippen molar-refractivity contribution < 1.29 is 4.92 Å². The quantitative estimate of drug-likeness (QED) is 0.624. The van der Waals surface area contributed by atoms with Crippen molar-refractivity contribution in [2.45, 2.75) is 13.3 Å². The highest BCUT2D eigenvalue weighted by Crippen LogP contribution is 2.34. The van der Waals surface area contributed by atoms with Gasteiger partial charge in [-0.15, -0.1) is 0 Å². The number of hydrogen-bond donors (Lipinski definition) is 0. The van der Waals surface area contributed by atoms with Crippen LogP contribution in [0.25, 0.3) is 11.1 Å². The molecular formula is C15H10BrN2O2. The van der Waals surface area contributed by atoms with E-state index in [2.05, 4.69) is 28.1 Å². The Morgan fingerprint density at radius 3 is 2.75 bits per heavy atom. The second-order valence-corrected chi connectivity index (χ2v) is 5.03. The number of nitro benzene ring substituents is 1. The number of nitrogens with zero attached hydrogens (tertiary/aromatic N) is 2. The van der Waals surface area contributed by atoms with Crippen LogP contribution in [-0.4, -0.2) is 4.92 Å². The molecule has 2 aromatic rings. The predicted molar refractivity (Wildman–Crippen MR) is 79.2 cm³/mol. The van der Waals surface area contributed by atoms with Crippen LogP contribution in [0.15, 0.2) is 34.8 Å². The summed E-state index contributed by atoms with van der Waals surface area (Å²) >= 11 is 3.38. The number of hydrogen-bond acceptors (Lipinski definition) is 3. The van der Waals surface area contributed by atoms with Crippen LogP contribution in [0.1, 0.15) is 18.1 Å². The Labute approximate surface area is 124 Å². The summed E-state index contributed by atoms with van der Waals surface area (Å²) in [6, 6.07) is 13.1. The van der Waals surface area contributed by atoms with Crippen molar-refractivity contribution in [2.24, 2.45) is 0 Å². The van der Waals surface area contributed by atoms with E-state index in [1.807, 2.05) is 13.0 Å². The van der Waals surface area contributed by atoms with Crippen LogP contribution in [0.2, 0.25) is 0 Å². The number of benzene rings is 2. The first-order chi connectivity index (χ1) is 9.56. The molecule has 0 aliphatic rings. The molecule has 0 unspecified atom stereocenters. The largest absolute Gasteiger partial charge is 0.270 e. The van der Waals surface area contributed by atoms with Gasteiger partial charge in [-0.25, -0.2) is 0 Å². The van der Waals surface area contributed by atoms with E-state index in [9.17, 15) is 15.4 Å². The van der Waals surface area contributed by atoms with Gasteiger partial charge in [0, 0.05) is 27.7 Å². The van der Waals surface area contributed by atoms with Crippen LogP contribution < -0.4 is 0 Å². The average Bonchev–Trinajstić information content (AvgIpc) is 2.46. The first-order valence-corrected chi connectivity index (χ1v) is 6.75. The van der Waals surface area contributed by atoms with Crippen LogP contribution >= 0.6 is 15.9 Å². The van der Waals surface area contributed by atoms with Gasteiger partial charge in [-0.05, 0) is 36.2 Å². The van der Waals surface area contributed by atoms with Crippen molar-refractivity contribution in [2.75, 3.05) is 0 Å². The van der Waals surface area contributed by atoms with Crippen LogP contribution in [0.3, 0.4) is 0 Å². The van der Waals surface area contributed by atoms with E-state index in [-0.39, 0.29) is 5.69 Å². The Morgan fingerprint density at radius 2 is 2.15 bits per heavy atom. The zero-order valence-corrected chi connectivity index (χ0v) is 12.3. The first-order valence-electron chi connectivity index (χ1n) is 5.95. The summed E-state index contributed by atoms with van der Waals surface area (Å²) in [6.07, 6.45) is 0.783. The Bertz CT molecular complexity index is 720. The average molecular weight is 330 g/mol. The molecule has 5 heteroatoms. The van der Waals surface area contributed by atoms with E-state index >= 15 is 0 Å². The molecular weight excluding hydrogens is 320 g/mol. The minimum Gasteiger partial charge on any atom is -0.258 e. The van der Waals surface area contributed by atoms with Crippen molar-refractivity contribution in [3.05, 3.63) is 62.1 Å². The lowest BCUT2D eigenvalue weighted by molar-refractivity contribution is -0.384. The lowest BCUT2D eigenvalue weighted by atomic mass is 9.97. The zero-order valence-electron chi connectivity index (χ0n) is 10.7. The van der Waals surface area contributed by atoms with E-state index < -0.39 is 4.92 Å².